The molecule has 1 N–H and O–H groups in total. The van der Waals surface area contributed by atoms with Gasteiger partial charge in [-0.3, -0.25) is 0 Å². The van der Waals surface area contributed by atoms with E-state index in [2.05, 4.69) is 12.2 Å². The molecule has 10 heavy (non-hydrogen) atoms. The van der Waals surface area contributed by atoms with Crippen molar-refractivity contribution < 1.29 is 0 Å². The van der Waals surface area contributed by atoms with E-state index in [0.717, 1.165) is 6.54 Å². The van der Waals surface area contributed by atoms with Crippen LogP contribution in [-0.2, 0) is 0 Å². The molecular formula is C9H18N. The molecule has 0 aromatic heterocycles. The molecule has 0 saturated heterocycles. The fraction of sp³-hybridized carbons (Fsp3) is 0.889. The highest BCUT2D eigenvalue weighted by molar-refractivity contribution is 4.87. The van der Waals surface area contributed by atoms with E-state index in [1.165, 1.54) is 38.5 Å². The van der Waals surface area contributed by atoms with Crippen LogP contribution in [0.3, 0.4) is 0 Å². The first-order valence-electron chi connectivity index (χ1n) is 4.52. The Morgan fingerprint density at radius 1 is 1.10 bits per heavy atom. The minimum absolute atomic E-state index is 1.11. The molecule has 1 aliphatic rings. The number of rotatable bonds is 2. The van der Waals surface area contributed by atoms with Crippen molar-refractivity contribution in [3.05, 3.63) is 6.04 Å². The van der Waals surface area contributed by atoms with Crippen molar-refractivity contribution in [1.29, 1.82) is 0 Å². The minimum atomic E-state index is 1.11. The average Bonchev–Trinajstić information content (AvgIpc) is 2.17. The molecule has 0 bridgehead atoms. The molecule has 0 spiro atoms. The summed E-state index contributed by atoms with van der Waals surface area (Å²) in [4.78, 5) is 0. The molecule has 0 amide bonds. The summed E-state index contributed by atoms with van der Waals surface area (Å²) in [6.45, 7) is 3.28. The summed E-state index contributed by atoms with van der Waals surface area (Å²) in [5.41, 5.74) is 0. The zero-order valence-corrected chi connectivity index (χ0v) is 6.95. The van der Waals surface area contributed by atoms with E-state index in [-0.39, 0.29) is 0 Å². The fourth-order valence-corrected chi connectivity index (χ4v) is 1.58. The maximum Gasteiger partial charge on any atom is 0.0363 e. The summed E-state index contributed by atoms with van der Waals surface area (Å²) in [5.74, 6) is 0. The first kappa shape index (κ1) is 8.06. The van der Waals surface area contributed by atoms with Gasteiger partial charge in [0, 0.05) is 6.04 Å². The van der Waals surface area contributed by atoms with Gasteiger partial charge in [0.1, 0.15) is 0 Å². The van der Waals surface area contributed by atoms with Gasteiger partial charge in [0.15, 0.2) is 0 Å². The van der Waals surface area contributed by atoms with Crippen LogP contribution < -0.4 is 5.32 Å². The van der Waals surface area contributed by atoms with Gasteiger partial charge >= 0.3 is 0 Å². The molecule has 0 aromatic carbocycles. The lowest BCUT2D eigenvalue weighted by Crippen LogP contribution is -2.19. The van der Waals surface area contributed by atoms with E-state index in [1.54, 1.807) is 6.04 Å². The van der Waals surface area contributed by atoms with Crippen LogP contribution in [0.4, 0.5) is 0 Å². The Kier molecular flexibility index (Phi) is 3.81. The van der Waals surface area contributed by atoms with Gasteiger partial charge in [0.05, 0.1) is 0 Å². The van der Waals surface area contributed by atoms with Crippen molar-refractivity contribution in [2.24, 2.45) is 0 Å². The summed E-state index contributed by atoms with van der Waals surface area (Å²) in [5, 5.41) is 3.44. The van der Waals surface area contributed by atoms with Gasteiger partial charge in [0.25, 0.3) is 0 Å². The normalized spacial score (nSPS) is 22.5. The van der Waals surface area contributed by atoms with Crippen LogP contribution in [0.1, 0.15) is 45.4 Å². The molecule has 1 radical (unpaired) electrons. The summed E-state index contributed by atoms with van der Waals surface area (Å²) in [7, 11) is 0. The summed E-state index contributed by atoms with van der Waals surface area (Å²) in [6, 6.07) is 1.60. The third-order valence-electron chi connectivity index (χ3n) is 2.13. The van der Waals surface area contributed by atoms with Crippen molar-refractivity contribution in [1.82, 2.24) is 5.32 Å². The van der Waals surface area contributed by atoms with Gasteiger partial charge in [-0.15, -0.1) is 0 Å². The molecule has 1 aliphatic carbocycles. The Labute approximate surface area is 64.2 Å². The van der Waals surface area contributed by atoms with E-state index in [1.807, 2.05) is 0 Å². The van der Waals surface area contributed by atoms with Crippen LogP contribution >= 0.6 is 0 Å². The zero-order valence-electron chi connectivity index (χ0n) is 6.95. The Morgan fingerprint density at radius 2 is 1.70 bits per heavy atom. The van der Waals surface area contributed by atoms with Gasteiger partial charge in [0.2, 0.25) is 0 Å². The van der Waals surface area contributed by atoms with Gasteiger partial charge in [-0.05, 0) is 19.4 Å². The lowest BCUT2D eigenvalue weighted by Gasteiger charge is -2.12. The SMILES string of the molecule is CCN[C]1CCCCCC1. The Balaban J connectivity index is 2.15. The van der Waals surface area contributed by atoms with Crippen molar-refractivity contribution in [3.63, 3.8) is 0 Å². The molecule has 1 fully saturated rings. The number of nitrogens with one attached hydrogen (secondary N) is 1. The van der Waals surface area contributed by atoms with Gasteiger partial charge in [-0.25, -0.2) is 0 Å². The highest BCUT2D eigenvalue weighted by Crippen LogP contribution is 2.21. The summed E-state index contributed by atoms with van der Waals surface area (Å²) >= 11 is 0. The molecule has 1 saturated carbocycles. The summed E-state index contributed by atoms with van der Waals surface area (Å²) < 4.78 is 0. The van der Waals surface area contributed by atoms with Gasteiger partial charge < -0.3 is 5.32 Å². The topological polar surface area (TPSA) is 12.0 Å². The van der Waals surface area contributed by atoms with Crippen molar-refractivity contribution >= 4 is 0 Å². The molecule has 0 atom stereocenters. The zero-order chi connectivity index (χ0) is 7.23. The maximum atomic E-state index is 3.44. The first-order valence-corrected chi connectivity index (χ1v) is 4.52. The minimum Gasteiger partial charge on any atom is -0.310 e. The highest BCUT2D eigenvalue weighted by Gasteiger charge is 2.10. The molecule has 59 valence electrons. The lowest BCUT2D eigenvalue weighted by molar-refractivity contribution is 0.604. The largest absolute Gasteiger partial charge is 0.310 e. The third kappa shape index (κ3) is 2.70. The van der Waals surface area contributed by atoms with Crippen LogP contribution in [0.25, 0.3) is 0 Å². The van der Waals surface area contributed by atoms with E-state index in [4.69, 9.17) is 0 Å². The molecular weight excluding hydrogens is 122 g/mol. The van der Waals surface area contributed by atoms with E-state index < -0.39 is 0 Å². The van der Waals surface area contributed by atoms with Gasteiger partial charge in [-0.1, -0.05) is 32.6 Å². The Bertz CT molecular complexity index is 72.8. The molecule has 0 unspecified atom stereocenters. The van der Waals surface area contributed by atoms with Crippen molar-refractivity contribution in [2.45, 2.75) is 45.4 Å². The predicted molar refractivity (Wildman–Crippen MR) is 44.6 cm³/mol. The monoisotopic (exact) mass is 140 g/mol. The van der Waals surface area contributed by atoms with Crippen molar-refractivity contribution in [3.8, 4) is 0 Å². The highest BCUT2D eigenvalue weighted by atomic mass is 14.9. The van der Waals surface area contributed by atoms with Gasteiger partial charge in [-0.2, -0.15) is 0 Å². The number of hydrogen-bond donors (Lipinski definition) is 1. The first-order chi connectivity index (χ1) is 4.93. The molecule has 0 heterocycles. The maximum absolute atomic E-state index is 3.44. The molecule has 0 aliphatic heterocycles. The second-order valence-corrected chi connectivity index (χ2v) is 3.05. The third-order valence-corrected chi connectivity index (χ3v) is 2.13. The Morgan fingerprint density at radius 3 is 2.20 bits per heavy atom. The van der Waals surface area contributed by atoms with E-state index in [9.17, 15) is 0 Å². The second kappa shape index (κ2) is 4.73. The molecule has 1 nitrogen and oxygen atoms in total. The van der Waals surface area contributed by atoms with E-state index >= 15 is 0 Å². The number of hydrogen-bond acceptors (Lipinski definition) is 1. The van der Waals surface area contributed by atoms with Crippen molar-refractivity contribution in [2.75, 3.05) is 6.54 Å². The van der Waals surface area contributed by atoms with Crippen LogP contribution in [0.5, 0.6) is 0 Å². The second-order valence-electron chi connectivity index (χ2n) is 3.05. The van der Waals surface area contributed by atoms with Crippen LogP contribution in [0.15, 0.2) is 0 Å². The fourth-order valence-electron chi connectivity index (χ4n) is 1.58. The average molecular weight is 140 g/mol. The molecule has 1 rings (SSSR count). The van der Waals surface area contributed by atoms with Crippen LogP contribution in [0.2, 0.25) is 0 Å². The lowest BCUT2D eigenvalue weighted by atomic mass is 10.1. The quantitative estimate of drug-likeness (QED) is 0.581. The Hall–Kier alpha value is -0.0400. The molecule has 1 heteroatoms. The van der Waals surface area contributed by atoms with E-state index in [0.29, 0.717) is 0 Å². The predicted octanol–water partition coefficient (Wildman–Crippen LogP) is 2.48. The smallest absolute Gasteiger partial charge is 0.0363 e. The van der Waals surface area contributed by atoms with Crippen LogP contribution in [-0.4, -0.2) is 6.54 Å². The molecule has 0 aromatic rings. The summed E-state index contributed by atoms with van der Waals surface area (Å²) in [6.07, 6.45) is 8.34. The standard InChI is InChI=1S/C9H18N/c1-2-10-9-7-5-3-4-6-8-9/h10H,2-8H2,1H3. The van der Waals surface area contributed by atoms with Crippen LogP contribution in [0, 0.1) is 6.04 Å².